The van der Waals surface area contributed by atoms with Crippen molar-refractivity contribution in [2.24, 2.45) is 0 Å². The maximum Gasteiger partial charge on any atom is 0.317 e. The summed E-state index contributed by atoms with van der Waals surface area (Å²) in [4.78, 5) is 13.4. The molecule has 1 heterocycles. The molecule has 18 heavy (non-hydrogen) atoms. The molecule has 0 bridgehead atoms. The van der Waals surface area contributed by atoms with Crippen LogP contribution in [0.1, 0.15) is 37.5 Å². The second kappa shape index (κ2) is 7.04. The summed E-state index contributed by atoms with van der Waals surface area (Å²) in [5.41, 5.74) is 4.03. The lowest BCUT2D eigenvalue weighted by Gasteiger charge is -2.28. The van der Waals surface area contributed by atoms with E-state index in [1.54, 1.807) is 7.05 Å². The molecule has 1 aliphatic rings. The zero-order valence-corrected chi connectivity index (χ0v) is 11.9. The van der Waals surface area contributed by atoms with Crippen molar-refractivity contribution in [2.45, 2.75) is 40.2 Å². The number of rotatable bonds is 1. The third-order valence-corrected chi connectivity index (χ3v) is 3.19. The van der Waals surface area contributed by atoms with Gasteiger partial charge in [-0.05, 0) is 29.5 Å². The highest BCUT2D eigenvalue weighted by molar-refractivity contribution is 5.74. The summed E-state index contributed by atoms with van der Waals surface area (Å²) in [6.45, 7) is 7.71. The van der Waals surface area contributed by atoms with Crippen LogP contribution in [-0.4, -0.2) is 24.5 Å². The van der Waals surface area contributed by atoms with Crippen LogP contribution in [0.2, 0.25) is 0 Å². The molecular formula is C15H24N2O. The van der Waals surface area contributed by atoms with Crippen LogP contribution in [-0.2, 0) is 19.4 Å². The van der Waals surface area contributed by atoms with Crippen molar-refractivity contribution in [3.05, 3.63) is 34.9 Å². The molecule has 0 aromatic heterocycles. The Labute approximate surface area is 110 Å². The minimum Gasteiger partial charge on any atom is -0.341 e. The van der Waals surface area contributed by atoms with Gasteiger partial charge in [0.2, 0.25) is 0 Å². The molecule has 2 amide bonds. The van der Waals surface area contributed by atoms with E-state index in [9.17, 15) is 4.79 Å². The Bertz CT molecular complexity index is 401. The molecule has 3 nitrogen and oxygen atoms in total. The number of amides is 2. The minimum absolute atomic E-state index is 0.0209. The fraction of sp³-hybridized carbons (Fsp3) is 0.533. The number of fused-ring (bicyclic) bond motifs is 1. The van der Waals surface area contributed by atoms with Gasteiger partial charge in [-0.2, -0.15) is 0 Å². The average Bonchev–Trinajstić information content (AvgIpc) is 2.47. The molecule has 0 spiro atoms. The van der Waals surface area contributed by atoms with Gasteiger partial charge in [-0.15, -0.1) is 0 Å². The van der Waals surface area contributed by atoms with E-state index in [1.165, 1.54) is 16.7 Å². The van der Waals surface area contributed by atoms with E-state index in [-0.39, 0.29) is 6.03 Å². The Morgan fingerprint density at radius 2 is 2.06 bits per heavy atom. The molecule has 0 radical (unpaired) electrons. The number of aryl methyl sites for hydroxylation is 1. The number of benzene rings is 1. The molecule has 2 rings (SSSR count). The van der Waals surface area contributed by atoms with Gasteiger partial charge in [-0.1, -0.05) is 39.0 Å². The molecule has 0 atom stereocenters. The Hall–Kier alpha value is -1.51. The summed E-state index contributed by atoms with van der Waals surface area (Å²) < 4.78 is 0. The highest BCUT2D eigenvalue weighted by Crippen LogP contribution is 2.20. The third-order valence-electron chi connectivity index (χ3n) is 3.19. The van der Waals surface area contributed by atoms with Crippen LogP contribution >= 0.6 is 0 Å². The molecule has 0 fully saturated rings. The van der Waals surface area contributed by atoms with E-state index >= 15 is 0 Å². The second-order valence-corrected chi connectivity index (χ2v) is 4.18. The fourth-order valence-corrected chi connectivity index (χ4v) is 2.16. The van der Waals surface area contributed by atoms with Crippen molar-refractivity contribution in [3.8, 4) is 0 Å². The molecular weight excluding hydrogens is 224 g/mol. The van der Waals surface area contributed by atoms with Gasteiger partial charge >= 0.3 is 6.03 Å². The van der Waals surface area contributed by atoms with Gasteiger partial charge in [0, 0.05) is 20.1 Å². The molecule has 1 aromatic carbocycles. The van der Waals surface area contributed by atoms with Crippen LogP contribution in [0.4, 0.5) is 4.79 Å². The quantitative estimate of drug-likeness (QED) is 0.814. The first-order chi connectivity index (χ1) is 8.74. The van der Waals surface area contributed by atoms with Crippen molar-refractivity contribution in [1.29, 1.82) is 0 Å². The van der Waals surface area contributed by atoms with Gasteiger partial charge in [0.05, 0.1) is 0 Å². The number of nitrogens with one attached hydrogen (secondary N) is 1. The smallest absolute Gasteiger partial charge is 0.317 e. The molecule has 3 heteroatoms. The van der Waals surface area contributed by atoms with Crippen LogP contribution in [0.5, 0.6) is 0 Å². The highest BCUT2D eigenvalue weighted by atomic mass is 16.2. The first-order valence-corrected chi connectivity index (χ1v) is 6.82. The van der Waals surface area contributed by atoms with E-state index in [2.05, 4.69) is 30.4 Å². The van der Waals surface area contributed by atoms with Crippen LogP contribution in [0.15, 0.2) is 18.2 Å². The molecule has 1 aliphatic heterocycles. The molecule has 100 valence electrons. The van der Waals surface area contributed by atoms with E-state index < -0.39 is 0 Å². The fourth-order valence-electron chi connectivity index (χ4n) is 2.16. The van der Waals surface area contributed by atoms with Gasteiger partial charge in [-0.3, -0.25) is 0 Å². The molecule has 0 saturated heterocycles. The van der Waals surface area contributed by atoms with Crippen LogP contribution in [0.3, 0.4) is 0 Å². The molecule has 0 saturated carbocycles. The second-order valence-electron chi connectivity index (χ2n) is 4.18. The van der Waals surface area contributed by atoms with Gasteiger partial charge in [-0.25, -0.2) is 4.79 Å². The summed E-state index contributed by atoms with van der Waals surface area (Å²) >= 11 is 0. The zero-order valence-electron chi connectivity index (χ0n) is 11.9. The third kappa shape index (κ3) is 3.25. The van der Waals surface area contributed by atoms with Crippen molar-refractivity contribution < 1.29 is 4.79 Å². The number of carbonyl (C=O) groups is 1. The largest absolute Gasteiger partial charge is 0.341 e. The van der Waals surface area contributed by atoms with E-state index in [1.807, 2.05) is 18.7 Å². The molecule has 1 aromatic rings. The highest BCUT2D eigenvalue weighted by Gasteiger charge is 2.19. The van der Waals surface area contributed by atoms with Gasteiger partial charge < -0.3 is 10.2 Å². The van der Waals surface area contributed by atoms with E-state index in [0.717, 1.165) is 25.9 Å². The topological polar surface area (TPSA) is 32.3 Å². The summed E-state index contributed by atoms with van der Waals surface area (Å²) in [6, 6.07) is 6.64. The maximum absolute atomic E-state index is 11.5. The first-order valence-electron chi connectivity index (χ1n) is 6.82. The Morgan fingerprint density at radius 3 is 2.67 bits per heavy atom. The predicted octanol–water partition coefficient (Wildman–Crippen LogP) is 2.97. The van der Waals surface area contributed by atoms with Crippen LogP contribution in [0.25, 0.3) is 0 Å². The zero-order chi connectivity index (χ0) is 13.5. The predicted molar refractivity (Wildman–Crippen MR) is 75.7 cm³/mol. The number of hydrogen-bond acceptors (Lipinski definition) is 1. The lowest BCUT2D eigenvalue weighted by molar-refractivity contribution is 0.194. The van der Waals surface area contributed by atoms with Gasteiger partial charge in [0.1, 0.15) is 0 Å². The standard InChI is InChI=1S/C13H18N2O.C2H6/c1-3-10-4-5-11-6-7-15(13(16)14-2)9-12(11)8-10;1-2/h4-5,8H,3,6-7,9H2,1-2H3,(H,14,16);1-2H3. The number of hydrogen-bond donors (Lipinski definition) is 1. The number of nitrogens with zero attached hydrogens (tertiary/aromatic N) is 1. The minimum atomic E-state index is 0.0209. The Kier molecular flexibility index (Phi) is 5.69. The maximum atomic E-state index is 11.5. The van der Waals surface area contributed by atoms with Crippen LogP contribution < -0.4 is 5.32 Å². The SMILES string of the molecule is CC.CCc1ccc2c(c1)CN(C(=O)NC)CC2. The Morgan fingerprint density at radius 1 is 1.33 bits per heavy atom. The lowest BCUT2D eigenvalue weighted by atomic mass is 9.97. The van der Waals surface area contributed by atoms with Gasteiger partial charge in [0.25, 0.3) is 0 Å². The number of urea groups is 1. The average molecular weight is 248 g/mol. The summed E-state index contributed by atoms with van der Waals surface area (Å²) in [5, 5.41) is 2.68. The van der Waals surface area contributed by atoms with Crippen molar-refractivity contribution in [3.63, 3.8) is 0 Å². The summed E-state index contributed by atoms with van der Waals surface area (Å²) in [5.74, 6) is 0. The van der Waals surface area contributed by atoms with E-state index in [4.69, 9.17) is 0 Å². The number of carbonyl (C=O) groups excluding carboxylic acids is 1. The van der Waals surface area contributed by atoms with Crippen molar-refractivity contribution >= 4 is 6.03 Å². The van der Waals surface area contributed by atoms with Crippen molar-refractivity contribution in [2.75, 3.05) is 13.6 Å². The first kappa shape index (κ1) is 14.6. The molecule has 0 aliphatic carbocycles. The molecule has 0 unspecified atom stereocenters. The van der Waals surface area contributed by atoms with Crippen molar-refractivity contribution in [1.82, 2.24) is 10.2 Å². The van der Waals surface area contributed by atoms with Gasteiger partial charge in [0.15, 0.2) is 0 Å². The lowest BCUT2D eigenvalue weighted by Crippen LogP contribution is -2.41. The van der Waals surface area contributed by atoms with Crippen LogP contribution in [0, 0.1) is 0 Å². The Balaban J connectivity index is 0.000000771. The normalized spacial score (nSPS) is 13.2. The molecule has 1 N–H and O–H groups in total. The van der Waals surface area contributed by atoms with E-state index in [0.29, 0.717) is 0 Å². The summed E-state index contributed by atoms with van der Waals surface area (Å²) in [7, 11) is 1.68. The summed E-state index contributed by atoms with van der Waals surface area (Å²) in [6.07, 6.45) is 2.01. The monoisotopic (exact) mass is 248 g/mol.